The highest BCUT2D eigenvalue weighted by Gasteiger charge is 2.17. The van der Waals surface area contributed by atoms with Crippen LogP contribution in [0.3, 0.4) is 0 Å². The van der Waals surface area contributed by atoms with Crippen LogP contribution in [-0.2, 0) is 4.79 Å². The highest BCUT2D eigenvalue weighted by Crippen LogP contribution is 2.29. The van der Waals surface area contributed by atoms with Crippen molar-refractivity contribution >= 4 is 39.9 Å². The summed E-state index contributed by atoms with van der Waals surface area (Å²) in [6.45, 7) is 4.19. The van der Waals surface area contributed by atoms with E-state index in [1.807, 2.05) is 24.3 Å². The number of hydrogen-bond donors (Lipinski definition) is 1. The molecule has 4 rings (SSSR count). The SMILES string of the molecule is COc1cc([N+](=O)[O-])ccc1NC(=O)CSc1nc2ccccc2c(=O)n1-c1ccc(C(C)C)cc1. The van der Waals surface area contributed by atoms with E-state index in [0.717, 1.165) is 17.3 Å². The van der Waals surface area contributed by atoms with Crippen molar-refractivity contribution in [3.05, 3.63) is 92.8 Å². The Morgan fingerprint density at radius 1 is 1.14 bits per heavy atom. The molecule has 36 heavy (non-hydrogen) atoms. The fourth-order valence-electron chi connectivity index (χ4n) is 3.66. The number of fused-ring (bicyclic) bond motifs is 1. The van der Waals surface area contributed by atoms with Gasteiger partial charge in [0, 0.05) is 6.07 Å². The molecule has 3 aromatic carbocycles. The van der Waals surface area contributed by atoms with Gasteiger partial charge in [-0.1, -0.05) is 49.9 Å². The van der Waals surface area contributed by atoms with Gasteiger partial charge in [-0.05, 0) is 41.8 Å². The van der Waals surface area contributed by atoms with Crippen molar-refractivity contribution in [1.29, 1.82) is 0 Å². The van der Waals surface area contributed by atoms with Crippen LogP contribution >= 0.6 is 11.8 Å². The number of rotatable bonds is 8. The van der Waals surface area contributed by atoms with Gasteiger partial charge in [0.2, 0.25) is 5.91 Å². The second kappa shape index (κ2) is 10.6. The van der Waals surface area contributed by atoms with Crippen LogP contribution in [0.25, 0.3) is 16.6 Å². The van der Waals surface area contributed by atoms with E-state index in [1.165, 1.54) is 29.9 Å². The molecule has 0 aliphatic heterocycles. The molecular formula is C26H24N4O5S. The van der Waals surface area contributed by atoms with Crippen molar-refractivity contribution in [3.63, 3.8) is 0 Å². The summed E-state index contributed by atoms with van der Waals surface area (Å²) >= 11 is 1.12. The van der Waals surface area contributed by atoms with Crippen LogP contribution in [0.5, 0.6) is 5.75 Å². The average molecular weight is 505 g/mol. The van der Waals surface area contributed by atoms with E-state index in [4.69, 9.17) is 4.74 Å². The van der Waals surface area contributed by atoms with Crippen LogP contribution in [0.4, 0.5) is 11.4 Å². The number of amides is 1. The summed E-state index contributed by atoms with van der Waals surface area (Å²) in [5.74, 6) is 0.0962. The molecule has 0 radical (unpaired) electrons. The molecule has 0 aliphatic rings. The molecule has 0 aliphatic carbocycles. The topological polar surface area (TPSA) is 116 Å². The monoisotopic (exact) mass is 504 g/mol. The molecule has 0 saturated heterocycles. The van der Waals surface area contributed by atoms with Crippen molar-refractivity contribution < 1.29 is 14.5 Å². The van der Waals surface area contributed by atoms with Gasteiger partial charge in [0.15, 0.2) is 5.16 Å². The first-order valence-corrected chi connectivity index (χ1v) is 12.1. The Morgan fingerprint density at radius 3 is 2.53 bits per heavy atom. The number of carbonyl (C=O) groups excluding carboxylic acids is 1. The number of aromatic nitrogens is 2. The maximum atomic E-state index is 13.4. The Morgan fingerprint density at radius 2 is 1.86 bits per heavy atom. The Hall–Kier alpha value is -4.18. The van der Waals surface area contributed by atoms with Gasteiger partial charge >= 0.3 is 0 Å². The third-order valence-corrected chi connectivity index (χ3v) is 6.50. The van der Waals surface area contributed by atoms with Gasteiger partial charge in [-0.25, -0.2) is 4.98 Å². The molecule has 1 amide bonds. The zero-order valence-electron chi connectivity index (χ0n) is 19.9. The largest absolute Gasteiger partial charge is 0.494 e. The highest BCUT2D eigenvalue weighted by molar-refractivity contribution is 7.99. The first-order valence-electron chi connectivity index (χ1n) is 11.2. The van der Waals surface area contributed by atoms with Crippen LogP contribution in [-0.4, -0.2) is 33.2 Å². The number of nitrogens with one attached hydrogen (secondary N) is 1. The molecule has 10 heteroatoms. The van der Waals surface area contributed by atoms with Gasteiger partial charge in [0.05, 0.1) is 46.1 Å². The molecule has 0 unspecified atom stereocenters. The molecule has 4 aromatic rings. The van der Waals surface area contributed by atoms with Crippen molar-refractivity contribution in [2.75, 3.05) is 18.2 Å². The second-order valence-electron chi connectivity index (χ2n) is 8.28. The minimum Gasteiger partial charge on any atom is -0.494 e. The van der Waals surface area contributed by atoms with E-state index < -0.39 is 4.92 Å². The average Bonchev–Trinajstić information content (AvgIpc) is 2.87. The molecule has 1 N–H and O–H groups in total. The van der Waals surface area contributed by atoms with E-state index in [9.17, 15) is 19.7 Å². The highest BCUT2D eigenvalue weighted by atomic mass is 32.2. The number of carbonyl (C=O) groups is 1. The Bertz CT molecular complexity index is 1500. The summed E-state index contributed by atoms with van der Waals surface area (Å²) in [4.78, 5) is 41.3. The van der Waals surface area contributed by atoms with E-state index in [1.54, 1.807) is 24.3 Å². The number of hydrogen-bond acceptors (Lipinski definition) is 7. The molecule has 1 aromatic heterocycles. The lowest BCUT2D eigenvalue weighted by Gasteiger charge is -2.15. The summed E-state index contributed by atoms with van der Waals surface area (Å²) in [7, 11) is 1.37. The zero-order valence-corrected chi connectivity index (χ0v) is 20.7. The smallest absolute Gasteiger partial charge is 0.273 e. The third kappa shape index (κ3) is 5.23. The molecule has 0 spiro atoms. The fourth-order valence-corrected chi connectivity index (χ4v) is 4.47. The first-order chi connectivity index (χ1) is 17.3. The first kappa shape index (κ1) is 24.9. The number of thioether (sulfide) groups is 1. The normalized spacial score (nSPS) is 11.0. The number of anilines is 1. The summed E-state index contributed by atoms with van der Waals surface area (Å²) < 4.78 is 6.69. The van der Waals surface area contributed by atoms with Gasteiger partial charge in [-0.15, -0.1) is 0 Å². The standard InChI is InChI=1S/C26H24N4O5S/c1-16(2)17-8-10-18(11-9-17)29-25(32)20-6-4-5-7-21(20)28-26(29)36-15-24(31)27-22-13-12-19(30(33)34)14-23(22)35-3/h4-14,16H,15H2,1-3H3,(H,27,31). The van der Waals surface area contributed by atoms with E-state index >= 15 is 0 Å². The Labute approximate surface area is 211 Å². The number of ether oxygens (including phenoxy) is 1. The number of benzene rings is 3. The van der Waals surface area contributed by atoms with Crippen LogP contribution in [0.1, 0.15) is 25.3 Å². The minimum atomic E-state index is -0.539. The molecule has 0 bridgehead atoms. The van der Waals surface area contributed by atoms with E-state index in [2.05, 4.69) is 24.1 Å². The number of nitro groups is 1. The second-order valence-corrected chi connectivity index (χ2v) is 9.22. The van der Waals surface area contributed by atoms with Gasteiger partial charge in [0.1, 0.15) is 5.75 Å². The molecule has 0 saturated carbocycles. The van der Waals surface area contributed by atoms with Gasteiger partial charge in [-0.2, -0.15) is 0 Å². The summed E-state index contributed by atoms with van der Waals surface area (Å²) in [5.41, 5.74) is 2.28. The fraction of sp³-hybridized carbons (Fsp3) is 0.192. The van der Waals surface area contributed by atoms with Crippen molar-refractivity contribution in [2.45, 2.75) is 24.9 Å². The van der Waals surface area contributed by atoms with E-state index in [-0.39, 0.29) is 28.7 Å². The summed E-state index contributed by atoms with van der Waals surface area (Å²) in [6, 6.07) is 18.7. The van der Waals surface area contributed by atoms with Crippen LogP contribution in [0.2, 0.25) is 0 Å². The predicted molar refractivity (Wildman–Crippen MR) is 140 cm³/mol. The molecule has 9 nitrogen and oxygen atoms in total. The molecular weight excluding hydrogens is 480 g/mol. The Kier molecular flexibility index (Phi) is 7.35. The lowest BCUT2D eigenvalue weighted by Crippen LogP contribution is -2.23. The summed E-state index contributed by atoms with van der Waals surface area (Å²) in [6.07, 6.45) is 0. The lowest BCUT2D eigenvalue weighted by molar-refractivity contribution is -0.384. The van der Waals surface area contributed by atoms with Gasteiger partial charge < -0.3 is 10.1 Å². The zero-order chi connectivity index (χ0) is 25.8. The molecule has 1 heterocycles. The third-order valence-electron chi connectivity index (χ3n) is 5.57. The summed E-state index contributed by atoms with van der Waals surface area (Å²) in [5, 5.41) is 14.6. The maximum absolute atomic E-state index is 13.4. The van der Waals surface area contributed by atoms with E-state index in [0.29, 0.717) is 33.4 Å². The maximum Gasteiger partial charge on any atom is 0.273 e. The van der Waals surface area contributed by atoms with Crippen molar-refractivity contribution in [3.8, 4) is 11.4 Å². The minimum absolute atomic E-state index is 0.0466. The van der Waals surface area contributed by atoms with Crippen LogP contribution in [0.15, 0.2) is 76.7 Å². The molecule has 0 fully saturated rings. The van der Waals surface area contributed by atoms with Crippen molar-refractivity contribution in [2.24, 2.45) is 0 Å². The van der Waals surface area contributed by atoms with Crippen LogP contribution < -0.4 is 15.6 Å². The van der Waals surface area contributed by atoms with Gasteiger partial charge in [-0.3, -0.25) is 24.3 Å². The number of non-ortho nitro benzene ring substituents is 1. The van der Waals surface area contributed by atoms with Gasteiger partial charge in [0.25, 0.3) is 11.2 Å². The lowest BCUT2D eigenvalue weighted by atomic mass is 10.0. The number of para-hydroxylation sites is 1. The van der Waals surface area contributed by atoms with Crippen molar-refractivity contribution in [1.82, 2.24) is 9.55 Å². The quantitative estimate of drug-likeness (QED) is 0.153. The number of methoxy groups -OCH3 is 1. The molecule has 0 atom stereocenters. The molecule has 184 valence electrons. The Balaban J connectivity index is 1.63. The number of nitrogens with zero attached hydrogens (tertiary/aromatic N) is 3. The number of nitro benzene ring substituents is 1. The predicted octanol–water partition coefficient (Wildman–Crippen LogP) is 5.16. The van der Waals surface area contributed by atoms with Crippen LogP contribution in [0, 0.1) is 10.1 Å².